The Kier molecular flexibility index (Phi) is 2.17. The standard InChI is InChI=1S/C13H11N3O2S/c17-12-8-4-1-2-5-9(8)16-11(14-18-13(16)19)10-6-3-7-15(10)12/h1-2,4-5,10H,3,6-7H2/t10-/m0/s1. The molecule has 19 heavy (non-hydrogen) atoms. The lowest BCUT2D eigenvalue weighted by atomic mass is 10.1. The summed E-state index contributed by atoms with van der Waals surface area (Å²) >= 11 is 5.21. The van der Waals surface area contributed by atoms with Crippen molar-refractivity contribution in [2.45, 2.75) is 18.9 Å². The van der Waals surface area contributed by atoms with Gasteiger partial charge in [-0.25, -0.2) is 0 Å². The van der Waals surface area contributed by atoms with Gasteiger partial charge in [0.25, 0.3) is 5.91 Å². The summed E-state index contributed by atoms with van der Waals surface area (Å²) in [5.74, 6) is 0.791. The largest absolute Gasteiger partial charge is 0.328 e. The topological polar surface area (TPSA) is 51.3 Å². The first-order chi connectivity index (χ1) is 9.27. The molecule has 1 saturated heterocycles. The van der Waals surface area contributed by atoms with Gasteiger partial charge in [-0.2, -0.15) is 0 Å². The average Bonchev–Trinajstić information content (AvgIpc) is 3.02. The molecule has 1 aromatic heterocycles. The molecule has 0 spiro atoms. The van der Waals surface area contributed by atoms with Crippen LogP contribution in [-0.2, 0) is 0 Å². The molecule has 0 saturated carbocycles. The van der Waals surface area contributed by atoms with Gasteiger partial charge in [0.1, 0.15) is 0 Å². The van der Waals surface area contributed by atoms with Gasteiger partial charge in [0, 0.05) is 6.54 Å². The predicted molar refractivity (Wildman–Crippen MR) is 69.7 cm³/mol. The zero-order valence-corrected chi connectivity index (χ0v) is 10.9. The zero-order valence-electron chi connectivity index (χ0n) is 10.1. The van der Waals surface area contributed by atoms with E-state index < -0.39 is 0 Å². The normalized spacial score (nSPS) is 20.7. The Hall–Kier alpha value is -1.95. The van der Waals surface area contributed by atoms with Gasteiger partial charge in [0.15, 0.2) is 5.82 Å². The van der Waals surface area contributed by atoms with E-state index in [1.807, 2.05) is 29.2 Å². The summed E-state index contributed by atoms with van der Waals surface area (Å²) in [5.41, 5.74) is 1.43. The van der Waals surface area contributed by atoms with Crippen molar-refractivity contribution in [1.29, 1.82) is 0 Å². The second-order valence-electron chi connectivity index (χ2n) is 4.82. The van der Waals surface area contributed by atoms with E-state index in [0.29, 0.717) is 10.4 Å². The van der Waals surface area contributed by atoms with Crippen LogP contribution in [0, 0.1) is 4.84 Å². The fourth-order valence-corrected chi connectivity index (χ4v) is 3.20. The Morgan fingerprint density at radius 2 is 2.21 bits per heavy atom. The van der Waals surface area contributed by atoms with E-state index in [0.717, 1.165) is 30.9 Å². The molecule has 1 fully saturated rings. The minimum atomic E-state index is -0.0275. The van der Waals surface area contributed by atoms with Crippen molar-refractivity contribution in [2.75, 3.05) is 6.54 Å². The fourth-order valence-electron chi connectivity index (χ4n) is 2.98. The molecule has 2 aliphatic heterocycles. The molecular formula is C13H11N3O2S. The van der Waals surface area contributed by atoms with Gasteiger partial charge >= 0.3 is 4.84 Å². The van der Waals surface area contributed by atoms with Crippen LogP contribution in [0.2, 0.25) is 0 Å². The molecule has 1 amide bonds. The van der Waals surface area contributed by atoms with Crippen molar-refractivity contribution in [1.82, 2.24) is 14.6 Å². The van der Waals surface area contributed by atoms with Crippen LogP contribution >= 0.6 is 12.2 Å². The van der Waals surface area contributed by atoms with Gasteiger partial charge in [0.05, 0.1) is 17.3 Å². The summed E-state index contributed by atoms with van der Waals surface area (Å²) in [7, 11) is 0. The lowest BCUT2D eigenvalue weighted by molar-refractivity contribution is 0.0733. The number of nitrogens with zero attached hydrogens (tertiary/aromatic N) is 3. The summed E-state index contributed by atoms with van der Waals surface area (Å²) in [4.78, 5) is 14.8. The van der Waals surface area contributed by atoms with Crippen LogP contribution in [-0.4, -0.2) is 27.1 Å². The number of hydrogen-bond donors (Lipinski definition) is 0. The molecule has 0 radical (unpaired) electrons. The van der Waals surface area contributed by atoms with E-state index in [2.05, 4.69) is 5.16 Å². The molecule has 2 aliphatic rings. The number of aromatic nitrogens is 2. The molecule has 0 unspecified atom stereocenters. The lowest BCUT2D eigenvalue weighted by Gasteiger charge is -2.20. The van der Waals surface area contributed by atoms with E-state index in [1.165, 1.54) is 0 Å². The third kappa shape index (κ3) is 1.37. The van der Waals surface area contributed by atoms with E-state index >= 15 is 0 Å². The van der Waals surface area contributed by atoms with E-state index in [-0.39, 0.29) is 11.9 Å². The van der Waals surface area contributed by atoms with Crippen LogP contribution in [0.25, 0.3) is 5.69 Å². The molecule has 3 heterocycles. The van der Waals surface area contributed by atoms with Crippen molar-refractivity contribution < 1.29 is 9.32 Å². The van der Waals surface area contributed by atoms with Gasteiger partial charge < -0.3 is 9.42 Å². The molecule has 0 aliphatic carbocycles. The smallest absolute Gasteiger partial charge is 0.302 e. The minimum absolute atomic E-state index is 0.0275. The van der Waals surface area contributed by atoms with Crippen molar-refractivity contribution in [3.8, 4) is 5.69 Å². The van der Waals surface area contributed by atoms with E-state index in [1.54, 1.807) is 4.57 Å². The first-order valence-electron chi connectivity index (χ1n) is 6.26. The lowest BCUT2D eigenvalue weighted by Crippen LogP contribution is -2.29. The Morgan fingerprint density at radius 3 is 3.11 bits per heavy atom. The Bertz CT molecular complexity index is 733. The predicted octanol–water partition coefficient (Wildman–Crippen LogP) is 2.49. The highest BCUT2D eigenvalue weighted by atomic mass is 32.1. The van der Waals surface area contributed by atoms with E-state index in [4.69, 9.17) is 16.7 Å². The summed E-state index contributed by atoms with van der Waals surface area (Å²) in [5, 5.41) is 4.08. The van der Waals surface area contributed by atoms with Gasteiger partial charge in [0.2, 0.25) is 0 Å². The summed E-state index contributed by atoms with van der Waals surface area (Å²) in [6.07, 6.45) is 1.89. The van der Waals surface area contributed by atoms with Crippen LogP contribution in [0.1, 0.15) is 35.1 Å². The number of hydrogen-bond acceptors (Lipinski definition) is 4. The average molecular weight is 273 g/mol. The summed E-state index contributed by atoms with van der Waals surface area (Å²) in [6, 6.07) is 7.44. The first-order valence-corrected chi connectivity index (χ1v) is 6.67. The van der Waals surface area contributed by atoms with Crippen molar-refractivity contribution >= 4 is 18.1 Å². The first kappa shape index (κ1) is 10.9. The van der Waals surface area contributed by atoms with Crippen LogP contribution < -0.4 is 0 Å². The van der Waals surface area contributed by atoms with E-state index in [9.17, 15) is 4.79 Å². The number of benzene rings is 1. The van der Waals surface area contributed by atoms with Crippen LogP contribution in [0.5, 0.6) is 0 Å². The molecule has 1 aromatic carbocycles. The Balaban J connectivity index is 2.09. The molecule has 5 nitrogen and oxygen atoms in total. The monoisotopic (exact) mass is 273 g/mol. The number of carbonyl (C=O) groups is 1. The highest BCUT2D eigenvalue weighted by Crippen LogP contribution is 2.37. The van der Waals surface area contributed by atoms with Gasteiger partial charge in [-0.3, -0.25) is 9.36 Å². The highest BCUT2D eigenvalue weighted by molar-refractivity contribution is 7.71. The molecule has 96 valence electrons. The fraction of sp³-hybridized carbons (Fsp3) is 0.308. The third-order valence-corrected chi connectivity index (χ3v) is 4.07. The van der Waals surface area contributed by atoms with Crippen molar-refractivity contribution in [3.63, 3.8) is 0 Å². The zero-order chi connectivity index (χ0) is 13.0. The Labute approximate surface area is 114 Å². The summed E-state index contributed by atoms with van der Waals surface area (Å²) in [6.45, 7) is 0.761. The second-order valence-corrected chi connectivity index (χ2v) is 5.17. The molecule has 0 bridgehead atoms. The third-order valence-electron chi connectivity index (χ3n) is 3.82. The maximum atomic E-state index is 12.6. The number of amides is 1. The van der Waals surface area contributed by atoms with Crippen molar-refractivity contribution in [3.05, 3.63) is 40.5 Å². The second kappa shape index (κ2) is 3.77. The van der Waals surface area contributed by atoms with Crippen LogP contribution in [0.4, 0.5) is 0 Å². The molecule has 2 aromatic rings. The number of para-hydroxylation sites is 1. The van der Waals surface area contributed by atoms with Crippen molar-refractivity contribution in [2.24, 2.45) is 0 Å². The molecule has 6 heteroatoms. The molecule has 4 rings (SSSR count). The number of carbonyl (C=O) groups excluding carboxylic acids is 1. The number of fused-ring (bicyclic) bond motifs is 5. The molecule has 1 atom stereocenters. The molecule has 0 N–H and O–H groups in total. The van der Waals surface area contributed by atoms with Gasteiger partial charge in [-0.15, -0.1) is 0 Å². The molecular weight excluding hydrogens is 262 g/mol. The maximum Gasteiger partial charge on any atom is 0.302 e. The highest BCUT2D eigenvalue weighted by Gasteiger charge is 2.38. The SMILES string of the molecule is O=C1c2ccccc2-n2c(noc2=S)[C@@H]2CCCN12. The van der Waals surface area contributed by atoms with Crippen LogP contribution in [0.15, 0.2) is 28.8 Å². The Morgan fingerprint density at radius 1 is 1.37 bits per heavy atom. The maximum absolute atomic E-state index is 12.6. The quantitative estimate of drug-likeness (QED) is 0.692. The number of rotatable bonds is 0. The van der Waals surface area contributed by atoms with Gasteiger partial charge in [-0.1, -0.05) is 17.3 Å². The minimum Gasteiger partial charge on any atom is -0.328 e. The van der Waals surface area contributed by atoms with Gasteiger partial charge in [-0.05, 0) is 37.2 Å². The summed E-state index contributed by atoms with van der Waals surface area (Å²) < 4.78 is 6.95. The van der Waals surface area contributed by atoms with Crippen LogP contribution in [0.3, 0.4) is 0 Å².